The van der Waals surface area contributed by atoms with E-state index in [1.165, 1.54) is 7.11 Å². The molecule has 1 heterocycles. The fourth-order valence-corrected chi connectivity index (χ4v) is 2.74. The molecule has 0 N–H and O–H groups in total. The van der Waals surface area contributed by atoms with Crippen LogP contribution in [0.5, 0.6) is 0 Å². The highest BCUT2D eigenvalue weighted by Gasteiger charge is 2.27. The van der Waals surface area contributed by atoms with Crippen LogP contribution < -0.4 is 4.90 Å². The smallest absolute Gasteiger partial charge is 0.410 e. The van der Waals surface area contributed by atoms with Gasteiger partial charge < -0.3 is 19.3 Å². The van der Waals surface area contributed by atoms with Gasteiger partial charge in [-0.1, -0.05) is 12.1 Å². The summed E-state index contributed by atoms with van der Waals surface area (Å²) in [6, 6.07) is 5.82. The summed E-state index contributed by atoms with van der Waals surface area (Å²) >= 11 is 0. The van der Waals surface area contributed by atoms with Crippen molar-refractivity contribution in [3.63, 3.8) is 0 Å². The van der Waals surface area contributed by atoms with Crippen LogP contribution in [0.15, 0.2) is 18.2 Å². The first kappa shape index (κ1) is 18.3. The Bertz CT molecular complexity index is 622. The molecule has 1 aliphatic rings. The molecule has 6 nitrogen and oxygen atoms in total. The van der Waals surface area contributed by atoms with Crippen molar-refractivity contribution in [2.24, 2.45) is 0 Å². The standard InChI is InChI=1S/C18H26N2O4/c1-18(2,3)24-17(22)20-10-9-14-13(11-20)7-6-8-15(14)19(4)16(21)12-23-5/h6-8H,9-12H2,1-5H3. The Hall–Kier alpha value is -2.08. The van der Waals surface area contributed by atoms with Gasteiger partial charge in [-0.15, -0.1) is 0 Å². The molecular weight excluding hydrogens is 308 g/mol. The van der Waals surface area contributed by atoms with Crippen molar-refractivity contribution in [3.05, 3.63) is 29.3 Å². The summed E-state index contributed by atoms with van der Waals surface area (Å²) in [4.78, 5) is 27.7. The molecule has 1 aromatic carbocycles. The zero-order valence-electron chi connectivity index (χ0n) is 15.1. The molecule has 0 unspecified atom stereocenters. The lowest BCUT2D eigenvalue weighted by Crippen LogP contribution is -2.40. The van der Waals surface area contributed by atoms with Crippen LogP contribution in [-0.2, 0) is 27.2 Å². The number of amides is 2. The first-order chi connectivity index (χ1) is 11.2. The van der Waals surface area contributed by atoms with Crippen LogP contribution >= 0.6 is 0 Å². The third kappa shape index (κ3) is 4.26. The van der Waals surface area contributed by atoms with Gasteiger partial charge in [0.25, 0.3) is 5.91 Å². The number of carbonyl (C=O) groups is 2. The predicted octanol–water partition coefficient (Wildman–Crippen LogP) is 2.59. The predicted molar refractivity (Wildman–Crippen MR) is 92.1 cm³/mol. The van der Waals surface area contributed by atoms with Crippen LogP contribution in [0.1, 0.15) is 31.9 Å². The number of benzene rings is 1. The molecular formula is C18H26N2O4. The summed E-state index contributed by atoms with van der Waals surface area (Å²) in [5.41, 5.74) is 2.51. The monoisotopic (exact) mass is 334 g/mol. The first-order valence-electron chi connectivity index (χ1n) is 8.07. The lowest BCUT2D eigenvalue weighted by molar-refractivity contribution is -0.121. The summed E-state index contributed by atoms with van der Waals surface area (Å²) < 4.78 is 10.4. The molecule has 0 saturated carbocycles. The van der Waals surface area contributed by atoms with E-state index in [0.717, 1.165) is 16.8 Å². The van der Waals surface area contributed by atoms with Gasteiger partial charge in [0.15, 0.2) is 0 Å². The highest BCUT2D eigenvalue weighted by Crippen LogP contribution is 2.29. The molecule has 0 aromatic heterocycles. The molecule has 0 spiro atoms. The summed E-state index contributed by atoms with van der Waals surface area (Å²) in [6.45, 7) is 6.69. The Balaban J connectivity index is 2.18. The van der Waals surface area contributed by atoms with Gasteiger partial charge in [0.05, 0.1) is 0 Å². The maximum Gasteiger partial charge on any atom is 0.410 e. The van der Waals surface area contributed by atoms with Crippen molar-refractivity contribution in [1.29, 1.82) is 0 Å². The van der Waals surface area contributed by atoms with Crippen LogP contribution in [0, 0.1) is 0 Å². The Morgan fingerprint density at radius 2 is 2.00 bits per heavy atom. The lowest BCUT2D eigenvalue weighted by Gasteiger charge is -2.33. The van der Waals surface area contributed by atoms with Crippen molar-refractivity contribution in [1.82, 2.24) is 4.90 Å². The zero-order chi connectivity index (χ0) is 17.9. The van der Waals surface area contributed by atoms with E-state index in [4.69, 9.17) is 9.47 Å². The lowest BCUT2D eigenvalue weighted by atomic mass is 9.97. The van der Waals surface area contributed by atoms with Crippen molar-refractivity contribution in [3.8, 4) is 0 Å². The normalized spacial score (nSPS) is 14.1. The molecule has 0 radical (unpaired) electrons. The van der Waals surface area contributed by atoms with E-state index in [1.807, 2.05) is 39.0 Å². The first-order valence-corrected chi connectivity index (χ1v) is 8.07. The van der Waals surface area contributed by atoms with Crippen molar-refractivity contribution in [2.45, 2.75) is 39.3 Å². The van der Waals surface area contributed by atoms with Crippen molar-refractivity contribution in [2.75, 3.05) is 32.2 Å². The molecule has 0 saturated heterocycles. The SMILES string of the molecule is COCC(=O)N(C)c1cccc2c1CCN(C(=O)OC(C)(C)C)C2. The second-order valence-corrected chi connectivity index (χ2v) is 6.95. The fourth-order valence-electron chi connectivity index (χ4n) is 2.74. The number of fused-ring (bicyclic) bond motifs is 1. The Morgan fingerprint density at radius 1 is 1.29 bits per heavy atom. The fraction of sp³-hybridized carbons (Fsp3) is 0.556. The van der Waals surface area contributed by atoms with Gasteiger partial charge in [-0.25, -0.2) is 4.79 Å². The summed E-state index contributed by atoms with van der Waals surface area (Å²) in [6.07, 6.45) is 0.386. The van der Waals surface area contributed by atoms with E-state index < -0.39 is 5.60 Å². The minimum Gasteiger partial charge on any atom is -0.444 e. The van der Waals surface area contributed by atoms with Crippen LogP contribution in [0.25, 0.3) is 0 Å². The molecule has 0 fully saturated rings. The van der Waals surface area contributed by atoms with Gasteiger partial charge in [-0.3, -0.25) is 4.79 Å². The largest absolute Gasteiger partial charge is 0.444 e. The molecule has 6 heteroatoms. The summed E-state index contributed by atoms with van der Waals surface area (Å²) in [5.74, 6) is -0.0968. The topological polar surface area (TPSA) is 59.1 Å². The van der Waals surface area contributed by atoms with E-state index in [0.29, 0.717) is 19.5 Å². The van der Waals surface area contributed by atoms with Gasteiger partial charge in [-0.2, -0.15) is 0 Å². The average Bonchev–Trinajstić information content (AvgIpc) is 2.51. The molecule has 2 amide bonds. The van der Waals surface area contributed by atoms with Crippen molar-refractivity contribution >= 4 is 17.7 Å². The third-order valence-corrected chi connectivity index (χ3v) is 3.90. The van der Waals surface area contributed by atoms with Crippen LogP contribution in [0.2, 0.25) is 0 Å². The number of rotatable bonds is 3. The van der Waals surface area contributed by atoms with Crippen LogP contribution in [-0.4, -0.2) is 49.8 Å². The average molecular weight is 334 g/mol. The second-order valence-electron chi connectivity index (χ2n) is 6.95. The third-order valence-electron chi connectivity index (χ3n) is 3.90. The van der Waals surface area contributed by atoms with Gasteiger partial charge >= 0.3 is 6.09 Å². The Labute approximate surface area is 143 Å². The quantitative estimate of drug-likeness (QED) is 0.852. The number of ether oxygens (including phenoxy) is 2. The number of likely N-dealkylation sites (N-methyl/N-ethyl adjacent to an activating group) is 1. The molecule has 132 valence electrons. The number of hydrogen-bond acceptors (Lipinski definition) is 4. The van der Waals surface area contributed by atoms with E-state index in [-0.39, 0.29) is 18.6 Å². The number of carbonyl (C=O) groups excluding carboxylic acids is 2. The minimum absolute atomic E-state index is 0.0458. The Morgan fingerprint density at radius 3 is 2.62 bits per heavy atom. The van der Waals surface area contributed by atoms with E-state index in [1.54, 1.807) is 16.8 Å². The van der Waals surface area contributed by atoms with E-state index >= 15 is 0 Å². The summed E-state index contributed by atoms with van der Waals surface area (Å²) in [5, 5.41) is 0. The zero-order valence-corrected chi connectivity index (χ0v) is 15.1. The van der Waals surface area contributed by atoms with Gasteiger partial charge in [0, 0.05) is 32.9 Å². The number of anilines is 1. The number of nitrogens with zero attached hydrogens (tertiary/aromatic N) is 2. The van der Waals surface area contributed by atoms with Gasteiger partial charge in [0.2, 0.25) is 0 Å². The number of methoxy groups -OCH3 is 1. The molecule has 24 heavy (non-hydrogen) atoms. The Kier molecular flexibility index (Phi) is 5.49. The molecule has 1 aromatic rings. The summed E-state index contributed by atoms with van der Waals surface area (Å²) in [7, 11) is 3.25. The van der Waals surface area contributed by atoms with Crippen molar-refractivity contribution < 1.29 is 19.1 Å². The van der Waals surface area contributed by atoms with E-state index in [2.05, 4.69) is 0 Å². The minimum atomic E-state index is -0.508. The second kappa shape index (κ2) is 7.21. The molecule has 2 rings (SSSR count). The molecule has 0 atom stereocenters. The van der Waals surface area contributed by atoms with Crippen LogP contribution in [0.4, 0.5) is 10.5 Å². The highest BCUT2D eigenvalue weighted by atomic mass is 16.6. The number of hydrogen-bond donors (Lipinski definition) is 0. The molecule has 1 aliphatic heterocycles. The van der Waals surface area contributed by atoms with Gasteiger partial charge in [-0.05, 0) is 44.4 Å². The maximum atomic E-state index is 12.3. The maximum absolute atomic E-state index is 12.3. The van der Waals surface area contributed by atoms with Gasteiger partial charge in [0.1, 0.15) is 12.2 Å². The molecule has 0 aliphatic carbocycles. The van der Waals surface area contributed by atoms with E-state index in [9.17, 15) is 9.59 Å². The molecule has 0 bridgehead atoms. The van der Waals surface area contributed by atoms with Crippen LogP contribution in [0.3, 0.4) is 0 Å². The highest BCUT2D eigenvalue weighted by molar-refractivity contribution is 5.94.